The third kappa shape index (κ3) is 3.35. The molecule has 3 aromatic carbocycles. The smallest absolute Gasteiger partial charge is 0.410 e. The quantitative estimate of drug-likeness (QED) is 0.641. The van der Waals surface area contributed by atoms with Crippen LogP contribution in [0.15, 0.2) is 78.9 Å². The number of carbonyl (C=O) groups excluding carboxylic acids is 1. The van der Waals surface area contributed by atoms with Gasteiger partial charge in [0, 0.05) is 19.0 Å². The monoisotopic (exact) mass is 397 g/mol. The average molecular weight is 397 g/mol. The normalized spacial score (nSPS) is 15.3. The summed E-state index contributed by atoms with van der Waals surface area (Å²) in [6.45, 7) is 1.45. The van der Waals surface area contributed by atoms with Crippen LogP contribution in [0.4, 0.5) is 4.79 Å². The number of rotatable bonds is 3. The zero-order valence-corrected chi connectivity index (χ0v) is 16.6. The molecule has 5 rings (SSSR count). The molecule has 4 nitrogen and oxygen atoms in total. The molecule has 1 amide bonds. The summed E-state index contributed by atoms with van der Waals surface area (Å²) in [7, 11) is 0. The van der Waals surface area contributed by atoms with Crippen molar-refractivity contribution >= 4 is 11.7 Å². The molecule has 0 saturated heterocycles. The number of phenols is 1. The summed E-state index contributed by atoms with van der Waals surface area (Å²) in [6.07, 6.45) is 2.61. The van der Waals surface area contributed by atoms with E-state index >= 15 is 0 Å². The van der Waals surface area contributed by atoms with Gasteiger partial charge in [-0.1, -0.05) is 66.7 Å². The molecule has 30 heavy (non-hydrogen) atoms. The number of carbonyl (C=O) groups is 1. The van der Waals surface area contributed by atoms with Crippen LogP contribution in [0.5, 0.6) is 5.75 Å². The van der Waals surface area contributed by atoms with E-state index in [1.165, 1.54) is 22.3 Å². The minimum atomic E-state index is -0.289. The lowest BCUT2D eigenvalue weighted by molar-refractivity contribution is 0.104. The number of phenolic OH excluding ortho intramolecular Hbond substituents is 1. The largest absolute Gasteiger partial charge is 0.508 e. The Bertz CT molecular complexity index is 1090. The summed E-state index contributed by atoms with van der Waals surface area (Å²) < 4.78 is 5.80. The molecule has 3 aromatic rings. The Kier molecular flexibility index (Phi) is 4.75. The van der Waals surface area contributed by atoms with Crippen molar-refractivity contribution in [1.29, 1.82) is 0 Å². The molecule has 1 aliphatic carbocycles. The zero-order valence-electron chi connectivity index (χ0n) is 16.6. The standard InChI is InChI=1S/C26H23NO3/c28-20-9-5-7-18(15-20)19-8-6-14-27(16-19)26(29)30-17-25-23-12-3-1-10-21(23)22-11-2-4-13-24(22)25/h1-5,7-13,15,25,28H,6,14,16-17H2. The van der Waals surface area contributed by atoms with Crippen LogP contribution in [0, 0.1) is 0 Å². The lowest BCUT2D eigenvalue weighted by atomic mass is 9.98. The van der Waals surface area contributed by atoms with Crippen LogP contribution in [-0.4, -0.2) is 35.8 Å². The van der Waals surface area contributed by atoms with Gasteiger partial charge in [-0.05, 0) is 51.9 Å². The Morgan fingerprint density at radius 3 is 2.37 bits per heavy atom. The van der Waals surface area contributed by atoms with Gasteiger partial charge in [0.2, 0.25) is 0 Å². The Hall–Kier alpha value is -3.53. The van der Waals surface area contributed by atoms with Gasteiger partial charge in [-0.15, -0.1) is 0 Å². The van der Waals surface area contributed by atoms with E-state index in [2.05, 4.69) is 30.3 Å². The fourth-order valence-electron chi connectivity index (χ4n) is 4.50. The minimum absolute atomic E-state index is 0.0622. The second kappa shape index (κ2) is 7.71. The number of fused-ring (bicyclic) bond motifs is 3. The van der Waals surface area contributed by atoms with Gasteiger partial charge in [0.25, 0.3) is 0 Å². The van der Waals surface area contributed by atoms with E-state index in [-0.39, 0.29) is 17.8 Å². The molecule has 0 fully saturated rings. The Balaban J connectivity index is 1.29. The topological polar surface area (TPSA) is 49.8 Å². The zero-order chi connectivity index (χ0) is 20.5. The molecule has 0 unspecified atom stereocenters. The Morgan fingerprint density at radius 2 is 1.67 bits per heavy atom. The van der Waals surface area contributed by atoms with E-state index in [0.717, 1.165) is 17.6 Å². The fraction of sp³-hybridized carbons (Fsp3) is 0.192. The Morgan fingerprint density at radius 1 is 0.967 bits per heavy atom. The highest BCUT2D eigenvalue weighted by molar-refractivity contribution is 5.79. The van der Waals surface area contributed by atoms with E-state index in [9.17, 15) is 9.90 Å². The van der Waals surface area contributed by atoms with Crippen molar-refractivity contribution in [2.24, 2.45) is 0 Å². The average Bonchev–Trinajstić information content (AvgIpc) is 3.11. The van der Waals surface area contributed by atoms with E-state index in [1.54, 1.807) is 17.0 Å². The molecule has 2 aliphatic rings. The van der Waals surface area contributed by atoms with Gasteiger partial charge in [0.15, 0.2) is 0 Å². The SMILES string of the molecule is O=C(OCC1c2ccccc2-c2ccccc21)N1CCC=C(c2cccc(O)c2)C1. The molecule has 0 bridgehead atoms. The number of amides is 1. The number of ether oxygens (including phenoxy) is 1. The van der Waals surface area contributed by atoms with Crippen LogP contribution >= 0.6 is 0 Å². The van der Waals surface area contributed by atoms with Crippen molar-refractivity contribution < 1.29 is 14.6 Å². The molecular formula is C26H23NO3. The number of hydrogen-bond acceptors (Lipinski definition) is 3. The maximum atomic E-state index is 12.8. The highest BCUT2D eigenvalue weighted by Gasteiger charge is 2.30. The van der Waals surface area contributed by atoms with Crippen LogP contribution in [0.2, 0.25) is 0 Å². The molecule has 0 radical (unpaired) electrons. The number of hydrogen-bond donors (Lipinski definition) is 1. The van der Waals surface area contributed by atoms with Gasteiger partial charge in [0.1, 0.15) is 12.4 Å². The first kappa shape index (κ1) is 18.5. The van der Waals surface area contributed by atoms with Crippen molar-refractivity contribution in [2.45, 2.75) is 12.3 Å². The first-order valence-electron chi connectivity index (χ1n) is 10.3. The maximum absolute atomic E-state index is 12.8. The molecular weight excluding hydrogens is 374 g/mol. The molecule has 150 valence electrons. The van der Waals surface area contributed by atoms with Crippen molar-refractivity contribution in [3.05, 3.63) is 95.6 Å². The van der Waals surface area contributed by atoms with Gasteiger partial charge >= 0.3 is 6.09 Å². The third-order valence-electron chi connectivity index (χ3n) is 5.96. The second-order valence-electron chi connectivity index (χ2n) is 7.79. The molecule has 0 atom stereocenters. The van der Waals surface area contributed by atoms with E-state index in [0.29, 0.717) is 19.7 Å². The van der Waals surface area contributed by atoms with Crippen molar-refractivity contribution in [3.8, 4) is 16.9 Å². The van der Waals surface area contributed by atoms with E-state index < -0.39 is 0 Å². The van der Waals surface area contributed by atoms with Crippen LogP contribution < -0.4 is 0 Å². The number of aromatic hydroxyl groups is 1. The molecule has 1 heterocycles. The van der Waals surface area contributed by atoms with Gasteiger partial charge in [-0.25, -0.2) is 4.79 Å². The van der Waals surface area contributed by atoms with Crippen molar-refractivity contribution in [3.63, 3.8) is 0 Å². The first-order chi connectivity index (χ1) is 14.7. The van der Waals surface area contributed by atoms with Gasteiger partial charge in [0.05, 0.1) is 0 Å². The summed E-state index contributed by atoms with van der Waals surface area (Å²) >= 11 is 0. The first-order valence-corrected chi connectivity index (χ1v) is 10.3. The van der Waals surface area contributed by atoms with Crippen LogP contribution in [0.25, 0.3) is 16.7 Å². The summed E-state index contributed by atoms with van der Waals surface area (Å²) in [5.74, 6) is 0.291. The summed E-state index contributed by atoms with van der Waals surface area (Å²) in [5, 5.41) is 9.75. The van der Waals surface area contributed by atoms with Gasteiger partial charge < -0.3 is 14.7 Å². The fourth-order valence-corrected chi connectivity index (χ4v) is 4.50. The van der Waals surface area contributed by atoms with Crippen LogP contribution in [-0.2, 0) is 4.74 Å². The number of benzene rings is 3. The second-order valence-corrected chi connectivity index (χ2v) is 7.79. The molecule has 0 saturated carbocycles. The van der Waals surface area contributed by atoms with Crippen LogP contribution in [0.1, 0.15) is 29.0 Å². The minimum Gasteiger partial charge on any atom is -0.508 e. The molecule has 4 heteroatoms. The van der Waals surface area contributed by atoms with E-state index in [1.807, 2.05) is 36.4 Å². The molecule has 0 spiro atoms. The number of nitrogens with zero attached hydrogens (tertiary/aromatic N) is 1. The van der Waals surface area contributed by atoms with Gasteiger partial charge in [-0.3, -0.25) is 0 Å². The Labute approximate surface area is 176 Å². The third-order valence-corrected chi connectivity index (χ3v) is 5.96. The van der Waals surface area contributed by atoms with Crippen molar-refractivity contribution in [1.82, 2.24) is 4.90 Å². The van der Waals surface area contributed by atoms with Crippen molar-refractivity contribution in [2.75, 3.05) is 19.7 Å². The lowest BCUT2D eigenvalue weighted by Gasteiger charge is -2.27. The van der Waals surface area contributed by atoms with E-state index in [4.69, 9.17) is 4.74 Å². The molecule has 0 aromatic heterocycles. The maximum Gasteiger partial charge on any atom is 0.410 e. The molecule has 1 N–H and O–H groups in total. The summed E-state index contributed by atoms with van der Waals surface area (Å²) in [6, 6.07) is 23.8. The summed E-state index contributed by atoms with van der Waals surface area (Å²) in [5.41, 5.74) is 6.84. The summed E-state index contributed by atoms with van der Waals surface area (Å²) in [4.78, 5) is 14.6. The highest BCUT2D eigenvalue weighted by Crippen LogP contribution is 2.44. The molecule has 1 aliphatic heterocycles. The van der Waals surface area contributed by atoms with Gasteiger partial charge in [-0.2, -0.15) is 0 Å². The highest BCUT2D eigenvalue weighted by atomic mass is 16.6. The lowest BCUT2D eigenvalue weighted by Crippen LogP contribution is -2.36. The predicted octanol–water partition coefficient (Wildman–Crippen LogP) is 5.43. The predicted molar refractivity (Wildman–Crippen MR) is 117 cm³/mol. The van der Waals surface area contributed by atoms with Crippen LogP contribution in [0.3, 0.4) is 0 Å².